The summed E-state index contributed by atoms with van der Waals surface area (Å²) in [7, 11) is 0. The second-order valence-electron chi connectivity index (χ2n) is 6.62. The lowest BCUT2D eigenvalue weighted by molar-refractivity contribution is 0.182. The monoisotopic (exact) mass is 380 g/mol. The van der Waals surface area contributed by atoms with Gasteiger partial charge in [0.05, 0.1) is 16.8 Å². The van der Waals surface area contributed by atoms with Crippen LogP contribution in [-0.4, -0.2) is 9.38 Å². The molecular weight excluding hydrogens is 364 g/mol. The highest BCUT2D eigenvalue weighted by molar-refractivity contribution is 7.13. The zero-order valence-electron chi connectivity index (χ0n) is 14.0. The molecule has 5 heteroatoms. The Morgan fingerprint density at radius 1 is 1.15 bits per heavy atom. The predicted octanol–water partition coefficient (Wildman–Crippen LogP) is 6.25. The van der Waals surface area contributed by atoms with Crippen molar-refractivity contribution in [3.05, 3.63) is 76.9 Å². The first-order chi connectivity index (χ1) is 12.8. The van der Waals surface area contributed by atoms with E-state index in [0.29, 0.717) is 5.92 Å². The molecule has 0 spiro atoms. The highest BCUT2D eigenvalue weighted by atomic mass is 35.5. The molecule has 3 nitrogen and oxygen atoms in total. The molecule has 0 amide bonds. The molecule has 0 N–H and O–H groups in total. The maximum atomic E-state index is 6.42. The van der Waals surface area contributed by atoms with Crippen LogP contribution < -0.4 is 4.74 Å². The highest BCUT2D eigenvalue weighted by Gasteiger charge is 2.35. The van der Waals surface area contributed by atoms with Crippen LogP contribution in [0, 0.1) is 5.92 Å². The van der Waals surface area contributed by atoms with Crippen LogP contribution in [-0.2, 0) is 0 Å². The molecular formula is C21H17ClN2OS. The fourth-order valence-electron chi connectivity index (χ4n) is 3.29. The van der Waals surface area contributed by atoms with Crippen molar-refractivity contribution < 1.29 is 4.74 Å². The Kier molecular flexibility index (Phi) is 3.95. The second-order valence-corrected chi connectivity index (χ2v) is 7.93. The molecule has 1 aromatic carbocycles. The van der Waals surface area contributed by atoms with Crippen molar-refractivity contribution in [3.8, 4) is 16.3 Å². The predicted molar refractivity (Wildman–Crippen MR) is 106 cm³/mol. The maximum Gasteiger partial charge on any atom is 0.137 e. The van der Waals surface area contributed by atoms with E-state index in [1.165, 1.54) is 12.8 Å². The zero-order valence-corrected chi connectivity index (χ0v) is 15.6. The van der Waals surface area contributed by atoms with Crippen molar-refractivity contribution in [2.24, 2.45) is 5.92 Å². The van der Waals surface area contributed by atoms with Gasteiger partial charge >= 0.3 is 0 Å². The molecule has 1 unspecified atom stereocenters. The van der Waals surface area contributed by atoms with Crippen LogP contribution in [0.5, 0.6) is 5.75 Å². The van der Waals surface area contributed by atoms with Crippen LogP contribution in [0.25, 0.3) is 16.2 Å². The van der Waals surface area contributed by atoms with Crippen molar-refractivity contribution in [3.63, 3.8) is 0 Å². The molecule has 0 saturated heterocycles. The maximum absolute atomic E-state index is 6.42. The molecule has 0 aliphatic heterocycles. The molecule has 1 fully saturated rings. The van der Waals surface area contributed by atoms with E-state index in [1.54, 1.807) is 11.3 Å². The van der Waals surface area contributed by atoms with Gasteiger partial charge in [0.25, 0.3) is 0 Å². The van der Waals surface area contributed by atoms with E-state index in [1.807, 2.05) is 48.8 Å². The van der Waals surface area contributed by atoms with E-state index in [2.05, 4.69) is 26.9 Å². The van der Waals surface area contributed by atoms with Gasteiger partial charge < -0.3 is 4.74 Å². The second kappa shape index (κ2) is 6.45. The number of halogens is 1. The number of hydrogen-bond acceptors (Lipinski definition) is 3. The smallest absolute Gasteiger partial charge is 0.137 e. The number of pyridine rings is 1. The minimum absolute atomic E-state index is 0.0216. The number of rotatable bonds is 5. The van der Waals surface area contributed by atoms with Gasteiger partial charge in [0.15, 0.2) is 0 Å². The van der Waals surface area contributed by atoms with Crippen LogP contribution in [0.4, 0.5) is 0 Å². The first kappa shape index (κ1) is 15.9. The first-order valence-corrected chi connectivity index (χ1v) is 9.97. The van der Waals surface area contributed by atoms with Crippen molar-refractivity contribution >= 4 is 28.6 Å². The quantitative estimate of drug-likeness (QED) is 0.409. The standard InChI is InChI=1S/C21H17ClN2OS/c22-17-6-2-1-5-16(17)21(14-8-9-14)25-15-11-19(26-13-15)18-12-23-20-7-3-4-10-24(18)20/h1-7,10-14,21H,8-9H2. The fourth-order valence-corrected chi connectivity index (χ4v) is 4.36. The van der Waals surface area contributed by atoms with Gasteiger partial charge in [-0.3, -0.25) is 4.40 Å². The molecule has 1 aliphatic rings. The molecule has 26 heavy (non-hydrogen) atoms. The average Bonchev–Trinajstić information content (AvgIpc) is 3.25. The van der Waals surface area contributed by atoms with Gasteiger partial charge in [-0.25, -0.2) is 4.98 Å². The molecule has 5 rings (SSSR count). The summed E-state index contributed by atoms with van der Waals surface area (Å²) < 4.78 is 8.49. The summed E-state index contributed by atoms with van der Waals surface area (Å²) >= 11 is 8.10. The van der Waals surface area contributed by atoms with Crippen LogP contribution >= 0.6 is 22.9 Å². The van der Waals surface area contributed by atoms with E-state index < -0.39 is 0 Å². The summed E-state index contributed by atoms with van der Waals surface area (Å²) in [5, 5.41) is 2.85. The molecule has 4 aromatic rings. The minimum Gasteiger partial charge on any atom is -0.484 e. The summed E-state index contributed by atoms with van der Waals surface area (Å²) in [6, 6.07) is 16.1. The molecule has 0 bridgehead atoms. The van der Waals surface area contributed by atoms with Crippen molar-refractivity contribution in [2.45, 2.75) is 18.9 Å². The Hall–Kier alpha value is -2.30. The zero-order chi connectivity index (χ0) is 17.5. The van der Waals surface area contributed by atoms with E-state index in [-0.39, 0.29) is 6.10 Å². The van der Waals surface area contributed by atoms with Crippen molar-refractivity contribution in [1.82, 2.24) is 9.38 Å². The van der Waals surface area contributed by atoms with Crippen LogP contribution in [0.2, 0.25) is 5.02 Å². The lowest BCUT2D eigenvalue weighted by Crippen LogP contribution is -2.10. The third-order valence-electron chi connectivity index (χ3n) is 4.77. The number of ether oxygens (including phenoxy) is 1. The number of fused-ring (bicyclic) bond motifs is 1. The summed E-state index contributed by atoms with van der Waals surface area (Å²) in [5.41, 5.74) is 3.12. The number of benzene rings is 1. The van der Waals surface area contributed by atoms with Gasteiger partial charge in [0, 0.05) is 34.1 Å². The Balaban J connectivity index is 1.45. The molecule has 1 aliphatic carbocycles. The van der Waals surface area contributed by atoms with Gasteiger partial charge in [0.2, 0.25) is 0 Å². The normalized spacial score (nSPS) is 15.3. The lowest BCUT2D eigenvalue weighted by Gasteiger charge is -2.19. The number of nitrogens with zero attached hydrogens (tertiary/aromatic N) is 2. The molecule has 3 aromatic heterocycles. The Bertz CT molecular complexity index is 1070. The van der Waals surface area contributed by atoms with Crippen molar-refractivity contribution in [1.29, 1.82) is 0 Å². The van der Waals surface area contributed by atoms with Crippen LogP contribution in [0.15, 0.2) is 66.3 Å². The van der Waals surface area contributed by atoms with Gasteiger partial charge in [-0.1, -0.05) is 35.9 Å². The number of thiophene rings is 1. The van der Waals surface area contributed by atoms with E-state index in [0.717, 1.165) is 32.6 Å². The highest BCUT2D eigenvalue weighted by Crippen LogP contribution is 2.46. The summed E-state index contributed by atoms with van der Waals surface area (Å²) in [4.78, 5) is 5.62. The first-order valence-electron chi connectivity index (χ1n) is 8.72. The van der Waals surface area contributed by atoms with Gasteiger partial charge in [-0.2, -0.15) is 0 Å². The van der Waals surface area contributed by atoms with Gasteiger partial charge in [-0.05, 0) is 31.0 Å². The third kappa shape index (κ3) is 2.89. The lowest BCUT2D eigenvalue weighted by atomic mass is 10.1. The number of hydrogen-bond donors (Lipinski definition) is 0. The molecule has 130 valence electrons. The fraction of sp³-hybridized carbons (Fsp3) is 0.190. The van der Waals surface area contributed by atoms with E-state index in [4.69, 9.17) is 16.3 Å². The average molecular weight is 381 g/mol. The van der Waals surface area contributed by atoms with E-state index >= 15 is 0 Å². The number of imidazole rings is 1. The molecule has 1 saturated carbocycles. The Morgan fingerprint density at radius 3 is 2.85 bits per heavy atom. The van der Waals surface area contributed by atoms with Gasteiger partial charge in [-0.15, -0.1) is 11.3 Å². The summed E-state index contributed by atoms with van der Waals surface area (Å²) in [6.45, 7) is 0. The molecule has 3 heterocycles. The molecule has 0 radical (unpaired) electrons. The molecule has 1 atom stereocenters. The Morgan fingerprint density at radius 2 is 2.00 bits per heavy atom. The minimum atomic E-state index is 0.0216. The topological polar surface area (TPSA) is 26.5 Å². The summed E-state index contributed by atoms with van der Waals surface area (Å²) in [5.74, 6) is 1.45. The van der Waals surface area contributed by atoms with Crippen molar-refractivity contribution in [2.75, 3.05) is 0 Å². The van der Waals surface area contributed by atoms with Crippen LogP contribution in [0.1, 0.15) is 24.5 Å². The van der Waals surface area contributed by atoms with E-state index in [9.17, 15) is 0 Å². The van der Waals surface area contributed by atoms with Gasteiger partial charge in [0.1, 0.15) is 17.5 Å². The Labute approximate surface area is 160 Å². The van der Waals surface area contributed by atoms with Crippen LogP contribution in [0.3, 0.4) is 0 Å². The largest absolute Gasteiger partial charge is 0.484 e. The SMILES string of the molecule is Clc1ccccc1C(Oc1csc(-c2cnc3ccccn23)c1)C1CC1. The third-order valence-corrected chi connectivity index (χ3v) is 6.05. The summed E-state index contributed by atoms with van der Waals surface area (Å²) in [6.07, 6.45) is 6.36. The number of aromatic nitrogens is 2.